The smallest absolute Gasteiger partial charge is 0.224 e. The van der Waals surface area contributed by atoms with Crippen LogP contribution in [-0.2, 0) is 4.74 Å². The zero-order valence-electron chi connectivity index (χ0n) is 8.65. The first-order valence-electron chi connectivity index (χ1n) is 4.84. The van der Waals surface area contributed by atoms with Gasteiger partial charge in [0.2, 0.25) is 5.95 Å². The number of hydrogen-bond donors (Lipinski definition) is 2. The molecule has 0 fully saturated rings. The van der Waals surface area contributed by atoms with E-state index >= 15 is 0 Å². The second-order valence-corrected chi connectivity index (χ2v) is 2.92. The number of hydrogen-bond acceptors (Lipinski definition) is 5. The highest BCUT2D eigenvalue weighted by atomic mass is 16.5. The highest BCUT2D eigenvalue weighted by Gasteiger charge is 1.94. The topological polar surface area (TPSA) is 73.1 Å². The average molecular weight is 208 g/mol. The zero-order valence-corrected chi connectivity index (χ0v) is 8.65. The average Bonchev–Trinajstić information content (AvgIpc) is 2.23. The molecule has 0 spiro atoms. The summed E-state index contributed by atoms with van der Waals surface area (Å²) in [5.41, 5.74) is 5.50. The van der Waals surface area contributed by atoms with Gasteiger partial charge in [-0.1, -0.05) is 6.08 Å². The Hall–Kier alpha value is -1.62. The monoisotopic (exact) mass is 208 g/mol. The summed E-state index contributed by atoms with van der Waals surface area (Å²) in [7, 11) is 0. The molecule has 0 bridgehead atoms. The van der Waals surface area contributed by atoms with Crippen molar-refractivity contribution in [1.29, 1.82) is 0 Å². The van der Waals surface area contributed by atoms with Gasteiger partial charge in [-0.3, -0.25) is 0 Å². The Kier molecular flexibility index (Phi) is 5.18. The summed E-state index contributed by atoms with van der Waals surface area (Å²) in [6.07, 6.45) is 4.31. The van der Waals surface area contributed by atoms with Gasteiger partial charge in [0, 0.05) is 12.7 Å². The van der Waals surface area contributed by atoms with Gasteiger partial charge in [0.1, 0.15) is 5.82 Å². The summed E-state index contributed by atoms with van der Waals surface area (Å²) in [5, 5.41) is 3.01. The number of nitrogens with one attached hydrogen (secondary N) is 1. The van der Waals surface area contributed by atoms with Crippen molar-refractivity contribution in [2.75, 3.05) is 30.8 Å². The Morgan fingerprint density at radius 2 is 2.40 bits per heavy atom. The number of aromatic nitrogens is 2. The van der Waals surface area contributed by atoms with Crippen LogP contribution in [0.4, 0.5) is 11.8 Å². The Labute approximate surface area is 89.4 Å². The standard InChI is InChI=1S/C10H16N4O/c1-2-3-7-15-8-6-13-10-12-5-4-9(11)14-10/h2,4-5H,1,3,6-8H2,(H3,11,12,13,14). The van der Waals surface area contributed by atoms with Crippen LogP contribution in [0.25, 0.3) is 0 Å². The molecule has 0 atom stereocenters. The van der Waals surface area contributed by atoms with Crippen LogP contribution in [0.2, 0.25) is 0 Å². The second kappa shape index (κ2) is 6.78. The molecule has 0 aliphatic heterocycles. The SMILES string of the molecule is C=CCCOCCNc1nccc(N)n1. The number of rotatable bonds is 7. The predicted molar refractivity (Wildman–Crippen MR) is 60.6 cm³/mol. The number of nitrogens with zero attached hydrogens (tertiary/aromatic N) is 2. The van der Waals surface area contributed by atoms with Crippen LogP contribution in [0.15, 0.2) is 24.9 Å². The highest BCUT2D eigenvalue weighted by Crippen LogP contribution is 1.99. The molecule has 0 unspecified atom stereocenters. The third kappa shape index (κ3) is 4.97. The van der Waals surface area contributed by atoms with E-state index in [1.807, 2.05) is 6.08 Å². The molecule has 3 N–H and O–H groups in total. The lowest BCUT2D eigenvalue weighted by Crippen LogP contribution is -2.12. The van der Waals surface area contributed by atoms with Crippen LogP contribution in [0, 0.1) is 0 Å². The van der Waals surface area contributed by atoms with Crippen LogP contribution in [0.5, 0.6) is 0 Å². The molecule has 1 aromatic rings. The van der Waals surface area contributed by atoms with Gasteiger partial charge in [-0.05, 0) is 12.5 Å². The van der Waals surface area contributed by atoms with Crippen LogP contribution in [0.3, 0.4) is 0 Å². The fourth-order valence-electron chi connectivity index (χ4n) is 0.962. The summed E-state index contributed by atoms with van der Waals surface area (Å²) >= 11 is 0. The van der Waals surface area contributed by atoms with Crippen LogP contribution in [-0.4, -0.2) is 29.7 Å². The van der Waals surface area contributed by atoms with Crippen molar-refractivity contribution >= 4 is 11.8 Å². The molecule has 1 aromatic heterocycles. The molecule has 0 aliphatic rings. The van der Waals surface area contributed by atoms with E-state index in [9.17, 15) is 0 Å². The maximum absolute atomic E-state index is 5.50. The number of anilines is 2. The summed E-state index contributed by atoms with van der Waals surface area (Å²) < 4.78 is 5.31. The van der Waals surface area contributed by atoms with Crippen LogP contribution in [0.1, 0.15) is 6.42 Å². The molecule has 82 valence electrons. The first-order chi connectivity index (χ1) is 7.33. The van der Waals surface area contributed by atoms with E-state index in [2.05, 4.69) is 21.9 Å². The fraction of sp³-hybridized carbons (Fsp3) is 0.400. The summed E-state index contributed by atoms with van der Waals surface area (Å²) in [4.78, 5) is 7.99. The van der Waals surface area contributed by atoms with E-state index in [0.717, 1.165) is 6.42 Å². The Balaban J connectivity index is 2.12. The molecule has 5 nitrogen and oxygen atoms in total. The lowest BCUT2D eigenvalue weighted by molar-refractivity contribution is 0.149. The lowest BCUT2D eigenvalue weighted by Gasteiger charge is -2.05. The van der Waals surface area contributed by atoms with Crippen molar-refractivity contribution in [1.82, 2.24) is 9.97 Å². The number of ether oxygens (including phenoxy) is 1. The minimum atomic E-state index is 0.458. The van der Waals surface area contributed by atoms with Crippen molar-refractivity contribution in [3.05, 3.63) is 24.9 Å². The van der Waals surface area contributed by atoms with Crippen LogP contribution >= 0.6 is 0 Å². The third-order valence-corrected chi connectivity index (χ3v) is 1.67. The first kappa shape index (κ1) is 11.5. The molecular formula is C10H16N4O. The van der Waals surface area contributed by atoms with E-state index in [4.69, 9.17) is 10.5 Å². The van der Waals surface area contributed by atoms with Gasteiger partial charge < -0.3 is 15.8 Å². The second-order valence-electron chi connectivity index (χ2n) is 2.92. The summed E-state index contributed by atoms with van der Waals surface area (Å²) in [6, 6.07) is 1.64. The van der Waals surface area contributed by atoms with Crippen molar-refractivity contribution in [3.63, 3.8) is 0 Å². The van der Waals surface area contributed by atoms with Gasteiger partial charge in [-0.25, -0.2) is 4.98 Å². The molecule has 0 saturated heterocycles. The molecule has 0 aliphatic carbocycles. The molecule has 1 heterocycles. The lowest BCUT2D eigenvalue weighted by atomic mass is 10.4. The maximum Gasteiger partial charge on any atom is 0.224 e. The van der Waals surface area contributed by atoms with E-state index < -0.39 is 0 Å². The largest absolute Gasteiger partial charge is 0.384 e. The van der Waals surface area contributed by atoms with Gasteiger partial charge in [0.05, 0.1) is 13.2 Å². The van der Waals surface area contributed by atoms with Crippen molar-refractivity contribution in [2.24, 2.45) is 0 Å². The third-order valence-electron chi connectivity index (χ3n) is 1.67. The quantitative estimate of drug-likeness (QED) is 0.518. The molecule has 0 amide bonds. The van der Waals surface area contributed by atoms with Gasteiger partial charge in [-0.15, -0.1) is 6.58 Å². The van der Waals surface area contributed by atoms with Gasteiger partial charge in [-0.2, -0.15) is 4.98 Å². The Morgan fingerprint density at radius 3 is 3.13 bits per heavy atom. The number of nitrogen functional groups attached to an aromatic ring is 1. The number of nitrogens with two attached hydrogens (primary N) is 1. The molecular weight excluding hydrogens is 192 g/mol. The van der Waals surface area contributed by atoms with Gasteiger partial charge in [0.15, 0.2) is 0 Å². The molecule has 15 heavy (non-hydrogen) atoms. The van der Waals surface area contributed by atoms with Crippen molar-refractivity contribution in [2.45, 2.75) is 6.42 Å². The summed E-state index contributed by atoms with van der Waals surface area (Å²) in [6.45, 7) is 5.59. The Morgan fingerprint density at radius 1 is 1.53 bits per heavy atom. The molecule has 1 rings (SSSR count). The van der Waals surface area contributed by atoms with Crippen LogP contribution < -0.4 is 11.1 Å². The van der Waals surface area contributed by atoms with Crippen molar-refractivity contribution in [3.8, 4) is 0 Å². The van der Waals surface area contributed by atoms with E-state index in [1.165, 1.54) is 0 Å². The molecule has 0 aromatic carbocycles. The van der Waals surface area contributed by atoms with E-state index in [0.29, 0.717) is 31.5 Å². The first-order valence-corrected chi connectivity index (χ1v) is 4.84. The maximum atomic E-state index is 5.50. The highest BCUT2D eigenvalue weighted by molar-refractivity contribution is 5.34. The predicted octanol–water partition coefficient (Wildman–Crippen LogP) is 1.06. The van der Waals surface area contributed by atoms with Crippen molar-refractivity contribution < 1.29 is 4.74 Å². The summed E-state index contributed by atoms with van der Waals surface area (Å²) in [5.74, 6) is 0.988. The molecule has 0 saturated carbocycles. The van der Waals surface area contributed by atoms with Gasteiger partial charge >= 0.3 is 0 Å². The van der Waals surface area contributed by atoms with E-state index in [-0.39, 0.29) is 0 Å². The molecule has 0 radical (unpaired) electrons. The fourth-order valence-corrected chi connectivity index (χ4v) is 0.962. The zero-order chi connectivity index (χ0) is 10.9. The normalized spacial score (nSPS) is 9.87. The van der Waals surface area contributed by atoms with E-state index in [1.54, 1.807) is 12.3 Å². The molecule has 5 heteroatoms. The van der Waals surface area contributed by atoms with Gasteiger partial charge in [0.25, 0.3) is 0 Å². The Bertz CT molecular complexity index is 303. The minimum absolute atomic E-state index is 0.458. The minimum Gasteiger partial charge on any atom is -0.384 e.